The first kappa shape index (κ1) is 13.4. The summed E-state index contributed by atoms with van der Waals surface area (Å²) >= 11 is 12.1. The summed E-state index contributed by atoms with van der Waals surface area (Å²) in [5.74, 6) is -0.116. The van der Waals surface area contributed by atoms with Crippen molar-refractivity contribution in [2.45, 2.75) is 19.3 Å². The molecule has 1 aromatic heterocycles. The van der Waals surface area contributed by atoms with Gasteiger partial charge in [0.2, 0.25) is 5.91 Å². The normalized spacial score (nSPS) is 15.9. The van der Waals surface area contributed by atoms with Gasteiger partial charge in [-0.05, 0) is 32.0 Å². The molecule has 0 atom stereocenters. The lowest BCUT2D eigenvalue weighted by Gasteiger charge is -2.22. The second-order valence-electron chi connectivity index (χ2n) is 5.32. The molecule has 3 rings (SSSR count). The summed E-state index contributed by atoms with van der Waals surface area (Å²) in [5, 5.41) is 4.02. The van der Waals surface area contributed by atoms with Crippen molar-refractivity contribution < 1.29 is 4.79 Å². The highest BCUT2D eigenvalue weighted by atomic mass is 35.5. The van der Waals surface area contributed by atoms with E-state index in [1.54, 1.807) is 18.3 Å². The van der Waals surface area contributed by atoms with E-state index < -0.39 is 5.41 Å². The summed E-state index contributed by atoms with van der Waals surface area (Å²) in [6, 6.07) is 7.23. The van der Waals surface area contributed by atoms with E-state index in [-0.39, 0.29) is 5.91 Å². The predicted octanol–water partition coefficient (Wildman–Crippen LogP) is 4.29. The fourth-order valence-electron chi connectivity index (χ4n) is 2.38. The molecule has 0 saturated carbocycles. The number of aromatic nitrogens is 1. The van der Waals surface area contributed by atoms with Crippen molar-refractivity contribution in [1.82, 2.24) is 4.98 Å². The van der Waals surface area contributed by atoms with Gasteiger partial charge in [-0.15, -0.1) is 0 Å². The first-order valence-corrected chi connectivity index (χ1v) is 6.92. The van der Waals surface area contributed by atoms with E-state index >= 15 is 0 Å². The maximum Gasteiger partial charge on any atom is 0.236 e. The van der Waals surface area contributed by atoms with Crippen LogP contribution in [0.4, 0.5) is 5.69 Å². The van der Waals surface area contributed by atoms with Crippen molar-refractivity contribution >= 4 is 34.8 Å². The lowest BCUT2D eigenvalue weighted by molar-refractivity contribution is -0.120. The van der Waals surface area contributed by atoms with Crippen molar-refractivity contribution in [3.8, 4) is 11.1 Å². The van der Waals surface area contributed by atoms with Crippen LogP contribution in [0.1, 0.15) is 19.5 Å². The van der Waals surface area contributed by atoms with Crippen LogP contribution >= 0.6 is 23.2 Å². The number of nitrogens with one attached hydrogen (secondary N) is 1. The average Bonchev–Trinajstić information content (AvgIpc) is 2.44. The topological polar surface area (TPSA) is 42.0 Å². The molecule has 0 saturated heterocycles. The maximum absolute atomic E-state index is 12.4. The number of rotatable bonds is 0. The quantitative estimate of drug-likeness (QED) is 0.789. The zero-order valence-corrected chi connectivity index (χ0v) is 12.5. The minimum Gasteiger partial charge on any atom is -0.325 e. The van der Waals surface area contributed by atoms with Crippen LogP contribution in [0, 0.1) is 0 Å². The number of fused-ring (bicyclic) bond motifs is 3. The van der Waals surface area contributed by atoms with Gasteiger partial charge in [-0.1, -0.05) is 29.3 Å². The van der Waals surface area contributed by atoms with Gasteiger partial charge in [-0.3, -0.25) is 9.78 Å². The SMILES string of the molecule is CC1(C)C(=O)Nc2cc(Cl)ccc2-c2cc(Cl)cnc21. The van der Waals surface area contributed by atoms with Crippen LogP contribution in [-0.4, -0.2) is 10.9 Å². The predicted molar refractivity (Wildman–Crippen MR) is 81.3 cm³/mol. The fourth-order valence-corrected chi connectivity index (χ4v) is 2.71. The summed E-state index contributed by atoms with van der Waals surface area (Å²) in [5.41, 5.74) is 2.37. The molecule has 0 radical (unpaired) electrons. The fraction of sp³-hybridized carbons (Fsp3) is 0.200. The summed E-state index contributed by atoms with van der Waals surface area (Å²) in [7, 11) is 0. The van der Waals surface area contributed by atoms with E-state index in [0.717, 1.165) is 11.1 Å². The molecule has 1 aromatic carbocycles. The van der Waals surface area contributed by atoms with E-state index in [0.29, 0.717) is 21.4 Å². The molecule has 1 amide bonds. The summed E-state index contributed by atoms with van der Waals surface area (Å²) in [4.78, 5) is 16.8. The van der Waals surface area contributed by atoms with Crippen LogP contribution in [0.15, 0.2) is 30.5 Å². The van der Waals surface area contributed by atoms with Crippen molar-refractivity contribution in [3.63, 3.8) is 0 Å². The van der Waals surface area contributed by atoms with Crippen LogP contribution in [0.2, 0.25) is 10.0 Å². The van der Waals surface area contributed by atoms with Crippen molar-refractivity contribution in [1.29, 1.82) is 0 Å². The Bertz CT molecular complexity index is 726. The second kappa shape index (κ2) is 4.47. The molecule has 2 aromatic rings. The highest BCUT2D eigenvalue weighted by Crippen LogP contribution is 2.41. The molecule has 1 aliphatic rings. The van der Waals surface area contributed by atoms with Gasteiger partial charge in [-0.25, -0.2) is 0 Å². The molecule has 20 heavy (non-hydrogen) atoms. The highest BCUT2D eigenvalue weighted by Gasteiger charge is 2.37. The van der Waals surface area contributed by atoms with E-state index in [9.17, 15) is 4.79 Å². The Hall–Kier alpha value is -1.58. The van der Waals surface area contributed by atoms with Crippen molar-refractivity contribution in [2.24, 2.45) is 0 Å². The van der Waals surface area contributed by atoms with Crippen molar-refractivity contribution in [3.05, 3.63) is 46.2 Å². The van der Waals surface area contributed by atoms with E-state index in [1.165, 1.54) is 0 Å². The molecular weight excluding hydrogens is 295 g/mol. The second-order valence-corrected chi connectivity index (χ2v) is 6.19. The summed E-state index contributed by atoms with van der Waals surface area (Å²) in [6.45, 7) is 3.69. The maximum atomic E-state index is 12.4. The monoisotopic (exact) mass is 306 g/mol. The minimum absolute atomic E-state index is 0.116. The zero-order chi connectivity index (χ0) is 14.5. The number of nitrogens with zero attached hydrogens (tertiary/aromatic N) is 1. The number of carbonyl (C=O) groups excluding carboxylic acids is 1. The lowest BCUT2D eigenvalue weighted by atomic mass is 9.84. The van der Waals surface area contributed by atoms with E-state index in [4.69, 9.17) is 23.2 Å². The number of amides is 1. The Morgan fingerprint density at radius 3 is 2.60 bits per heavy atom. The average molecular weight is 307 g/mol. The Labute approximate surface area is 126 Å². The van der Waals surface area contributed by atoms with Gasteiger partial charge in [0.1, 0.15) is 0 Å². The molecule has 0 fully saturated rings. The third-order valence-corrected chi connectivity index (χ3v) is 3.98. The van der Waals surface area contributed by atoms with Gasteiger partial charge < -0.3 is 5.32 Å². The number of carbonyl (C=O) groups is 1. The molecule has 0 aliphatic carbocycles. The van der Waals surface area contributed by atoms with E-state index in [2.05, 4.69) is 10.3 Å². The van der Waals surface area contributed by atoms with Gasteiger partial charge in [0.15, 0.2) is 0 Å². The molecule has 1 aliphatic heterocycles. The van der Waals surface area contributed by atoms with E-state index in [1.807, 2.05) is 26.0 Å². The Morgan fingerprint density at radius 1 is 1.10 bits per heavy atom. The molecule has 102 valence electrons. The molecule has 1 N–H and O–H groups in total. The number of benzene rings is 1. The van der Waals surface area contributed by atoms with Crippen LogP contribution < -0.4 is 5.32 Å². The standard InChI is InChI=1S/C15H12Cl2N2O/c1-15(2)13-11(5-9(17)7-18-13)10-4-3-8(16)6-12(10)19-14(15)20/h3-7H,1-2H3,(H,19,20). The first-order valence-electron chi connectivity index (χ1n) is 6.17. The molecule has 0 bridgehead atoms. The van der Waals surface area contributed by atoms with Gasteiger partial charge in [0, 0.05) is 22.3 Å². The Kier molecular flexibility index (Phi) is 3.00. The highest BCUT2D eigenvalue weighted by molar-refractivity contribution is 6.31. The van der Waals surface area contributed by atoms with Gasteiger partial charge in [-0.2, -0.15) is 0 Å². The number of hydrogen-bond acceptors (Lipinski definition) is 2. The third-order valence-electron chi connectivity index (χ3n) is 3.53. The number of halogens is 2. The smallest absolute Gasteiger partial charge is 0.236 e. The Balaban J connectivity index is 2.38. The molecule has 0 unspecified atom stereocenters. The molecule has 0 spiro atoms. The van der Waals surface area contributed by atoms with Gasteiger partial charge in [0.05, 0.1) is 21.8 Å². The van der Waals surface area contributed by atoms with Gasteiger partial charge in [0.25, 0.3) is 0 Å². The third kappa shape index (κ3) is 1.98. The number of anilines is 1. The van der Waals surface area contributed by atoms with Crippen LogP contribution in [0.3, 0.4) is 0 Å². The number of hydrogen-bond donors (Lipinski definition) is 1. The molecule has 3 nitrogen and oxygen atoms in total. The zero-order valence-electron chi connectivity index (χ0n) is 11.0. The summed E-state index contributed by atoms with van der Waals surface area (Å²) in [6.07, 6.45) is 1.57. The lowest BCUT2D eigenvalue weighted by Crippen LogP contribution is -2.34. The Morgan fingerprint density at radius 2 is 1.85 bits per heavy atom. The first-order chi connectivity index (χ1) is 9.39. The van der Waals surface area contributed by atoms with Crippen LogP contribution in [0.5, 0.6) is 0 Å². The molecule has 5 heteroatoms. The van der Waals surface area contributed by atoms with Crippen LogP contribution in [-0.2, 0) is 10.2 Å². The summed E-state index contributed by atoms with van der Waals surface area (Å²) < 4.78 is 0. The molecular formula is C15H12Cl2N2O. The minimum atomic E-state index is -0.745. The van der Waals surface area contributed by atoms with Crippen molar-refractivity contribution in [2.75, 3.05) is 5.32 Å². The van der Waals surface area contributed by atoms with Crippen LogP contribution in [0.25, 0.3) is 11.1 Å². The van der Waals surface area contributed by atoms with Gasteiger partial charge >= 0.3 is 0 Å². The molecule has 2 heterocycles. The largest absolute Gasteiger partial charge is 0.325 e. The number of pyridine rings is 1.